The zero-order valence-electron chi connectivity index (χ0n) is 9.51. The van der Waals surface area contributed by atoms with Crippen LogP contribution in [0.2, 0.25) is 0 Å². The fourth-order valence-electron chi connectivity index (χ4n) is 2.06. The van der Waals surface area contributed by atoms with E-state index < -0.39 is 0 Å². The van der Waals surface area contributed by atoms with E-state index in [1.165, 1.54) is 10.4 Å². The number of carbonyl (C=O) groups is 1. The molecule has 3 nitrogen and oxygen atoms in total. The molecule has 0 aliphatic carbocycles. The van der Waals surface area contributed by atoms with Gasteiger partial charge in [-0.2, -0.15) is 12.6 Å². The topological polar surface area (TPSA) is 23.6 Å². The number of thiophene rings is 1. The van der Waals surface area contributed by atoms with Crippen molar-refractivity contribution in [2.24, 2.45) is 0 Å². The van der Waals surface area contributed by atoms with E-state index in [-0.39, 0.29) is 12.1 Å². The average molecular weight is 256 g/mol. The van der Waals surface area contributed by atoms with E-state index in [0.29, 0.717) is 0 Å². The smallest absolute Gasteiger partial charge is 0.320 e. The molecule has 2 rings (SSSR count). The second-order valence-corrected chi connectivity index (χ2v) is 5.44. The molecule has 2 amide bonds. The van der Waals surface area contributed by atoms with Gasteiger partial charge in [-0.15, -0.1) is 11.3 Å². The highest BCUT2D eigenvalue weighted by Gasteiger charge is 2.36. The molecule has 1 aliphatic heterocycles. The molecule has 1 aromatic rings. The van der Waals surface area contributed by atoms with Crippen LogP contribution in [0, 0.1) is 6.92 Å². The highest BCUT2D eigenvalue weighted by molar-refractivity contribution is 7.80. The number of rotatable bonds is 3. The van der Waals surface area contributed by atoms with Crippen LogP contribution in [0.1, 0.15) is 16.5 Å². The van der Waals surface area contributed by atoms with Crippen molar-refractivity contribution in [2.75, 3.05) is 25.9 Å². The molecule has 1 saturated heterocycles. The van der Waals surface area contributed by atoms with Crippen molar-refractivity contribution in [3.63, 3.8) is 0 Å². The number of hydrogen-bond acceptors (Lipinski definition) is 3. The fraction of sp³-hybridized carbons (Fsp3) is 0.545. The Morgan fingerprint density at radius 3 is 2.94 bits per heavy atom. The van der Waals surface area contributed by atoms with Crippen molar-refractivity contribution >= 4 is 30.0 Å². The molecule has 0 aromatic carbocycles. The molecule has 1 aromatic heterocycles. The van der Waals surface area contributed by atoms with Crippen LogP contribution in [0.4, 0.5) is 4.79 Å². The third kappa shape index (κ3) is 1.94. The van der Waals surface area contributed by atoms with E-state index in [1.54, 1.807) is 11.3 Å². The number of hydrogen-bond donors (Lipinski definition) is 1. The van der Waals surface area contributed by atoms with Gasteiger partial charge in [0.15, 0.2) is 0 Å². The molecule has 1 atom stereocenters. The number of carbonyl (C=O) groups excluding carboxylic acids is 1. The van der Waals surface area contributed by atoms with Crippen LogP contribution in [0.3, 0.4) is 0 Å². The van der Waals surface area contributed by atoms with Gasteiger partial charge in [-0.1, -0.05) is 0 Å². The van der Waals surface area contributed by atoms with Crippen LogP contribution in [-0.4, -0.2) is 41.7 Å². The van der Waals surface area contributed by atoms with Crippen LogP contribution in [0.25, 0.3) is 0 Å². The van der Waals surface area contributed by atoms with Gasteiger partial charge in [0.25, 0.3) is 0 Å². The van der Waals surface area contributed by atoms with E-state index in [4.69, 9.17) is 0 Å². The molecule has 2 heterocycles. The number of thiol groups is 1. The van der Waals surface area contributed by atoms with E-state index in [9.17, 15) is 4.79 Å². The summed E-state index contributed by atoms with van der Waals surface area (Å²) in [6, 6.07) is 2.44. The molecule has 0 N–H and O–H groups in total. The third-order valence-corrected chi connectivity index (χ3v) is 4.33. The molecular formula is C11H16N2OS2. The first-order chi connectivity index (χ1) is 7.65. The van der Waals surface area contributed by atoms with Crippen LogP contribution >= 0.6 is 24.0 Å². The number of aryl methyl sites for hydroxylation is 1. The summed E-state index contributed by atoms with van der Waals surface area (Å²) in [5.41, 5.74) is 1.28. The van der Waals surface area contributed by atoms with Crippen LogP contribution in [0.15, 0.2) is 11.4 Å². The summed E-state index contributed by atoms with van der Waals surface area (Å²) in [5.74, 6) is 0.718. The molecule has 5 heteroatoms. The van der Waals surface area contributed by atoms with Crippen molar-refractivity contribution in [1.82, 2.24) is 9.80 Å². The summed E-state index contributed by atoms with van der Waals surface area (Å²) in [7, 11) is 1.88. The molecular weight excluding hydrogens is 240 g/mol. The van der Waals surface area contributed by atoms with Gasteiger partial charge < -0.3 is 9.80 Å². The number of urea groups is 1. The molecule has 1 aliphatic rings. The summed E-state index contributed by atoms with van der Waals surface area (Å²) >= 11 is 5.91. The minimum atomic E-state index is 0.117. The van der Waals surface area contributed by atoms with Gasteiger partial charge in [0.1, 0.15) is 0 Å². The molecule has 16 heavy (non-hydrogen) atoms. The molecule has 88 valence electrons. The van der Waals surface area contributed by atoms with E-state index in [0.717, 1.165) is 18.8 Å². The van der Waals surface area contributed by atoms with Crippen molar-refractivity contribution in [3.05, 3.63) is 21.9 Å². The maximum Gasteiger partial charge on any atom is 0.320 e. The SMILES string of the molecule is Cc1ccsc1C1CN(CCS)C(=O)N1C. The summed E-state index contributed by atoms with van der Waals surface area (Å²) in [5, 5.41) is 2.09. The van der Waals surface area contributed by atoms with Crippen molar-refractivity contribution in [3.8, 4) is 0 Å². The Morgan fingerprint density at radius 2 is 2.38 bits per heavy atom. The third-order valence-electron chi connectivity index (χ3n) is 3.01. The Hall–Kier alpha value is -0.680. The fourth-order valence-corrected chi connectivity index (χ4v) is 3.36. The zero-order valence-corrected chi connectivity index (χ0v) is 11.2. The van der Waals surface area contributed by atoms with Crippen LogP contribution in [0.5, 0.6) is 0 Å². The van der Waals surface area contributed by atoms with Gasteiger partial charge in [0, 0.05) is 30.8 Å². The Bertz CT molecular complexity index is 391. The quantitative estimate of drug-likeness (QED) is 0.825. The van der Waals surface area contributed by atoms with Gasteiger partial charge in [-0.25, -0.2) is 4.79 Å². The second kappa shape index (κ2) is 4.67. The number of nitrogens with zero attached hydrogens (tertiary/aromatic N) is 2. The van der Waals surface area contributed by atoms with Gasteiger partial charge in [0.2, 0.25) is 0 Å². The predicted molar refractivity (Wildman–Crippen MR) is 70.4 cm³/mol. The molecule has 0 bridgehead atoms. The standard InChI is InChI=1S/C11H16N2OS2/c1-8-3-6-16-10(8)9-7-13(4-5-15)11(14)12(9)2/h3,6,9,15H,4-5,7H2,1-2H3. The lowest BCUT2D eigenvalue weighted by molar-refractivity contribution is 0.197. The number of amides is 2. The van der Waals surface area contributed by atoms with Crippen LogP contribution < -0.4 is 0 Å². The molecule has 0 radical (unpaired) electrons. The van der Waals surface area contributed by atoms with Gasteiger partial charge >= 0.3 is 6.03 Å². The summed E-state index contributed by atoms with van der Waals surface area (Å²) < 4.78 is 0. The van der Waals surface area contributed by atoms with Gasteiger partial charge in [-0.3, -0.25) is 0 Å². The van der Waals surface area contributed by atoms with Crippen molar-refractivity contribution in [2.45, 2.75) is 13.0 Å². The Kier molecular flexibility index (Phi) is 3.44. The summed E-state index contributed by atoms with van der Waals surface area (Å²) in [4.78, 5) is 16.9. The maximum atomic E-state index is 11.9. The average Bonchev–Trinajstić information content (AvgIpc) is 2.78. The first-order valence-electron chi connectivity index (χ1n) is 5.31. The predicted octanol–water partition coefficient (Wildman–Crippen LogP) is 2.39. The lowest BCUT2D eigenvalue weighted by Gasteiger charge is -2.17. The molecule has 0 spiro atoms. The van der Waals surface area contributed by atoms with Crippen molar-refractivity contribution in [1.29, 1.82) is 0 Å². The Labute approximate surface area is 105 Å². The van der Waals surface area contributed by atoms with E-state index >= 15 is 0 Å². The summed E-state index contributed by atoms with van der Waals surface area (Å²) in [6.45, 7) is 3.62. The number of likely N-dealkylation sites (N-methyl/N-ethyl adjacent to an activating group) is 1. The zero-order chi connectivity index (χ0) is 11.7. The highest BCUT2D eigenvalue weighted by atomic mass is 32.1. The molecule has 1 fully saturated rings. The Morgan fingerprint density at radius 1 is 1.62 bits per heavy atom. The second-order valence-electron chi connectivity index (χ2n) is 4.05. The van der Waals surface area contributed by atoms with E-state index in [1.807, 2.05) is 16.8 Å². The van der Waals surface area contributed by atoms with E-state index in [2.05, 4.69) is 31.0 Å². The summed E-state index contributed by atoms with van der Waals surface area (Å²) in [6.07, 6.45) is 0. The van der Waals surface area contributed by atoms with Gasteiger partial charge in [0.05, 0.1) is 6.04 Å². The van der Waals surface area contributed by atoms with Crippen LogP contribution in [-0.2, 0) is 0 Å². The molecule has 1 unspecified atom stereocenters. The minimum Gasteiger partial charge on any atom is -0.321 e. The Balaban J connectivity index is 2.19. The molecule has 0 saturated carbocycles. The maximum absolute atomic E-state index is 11.9. The lowest BCUT2D eigenvalue weighted by atomic mass is 10.1. The van der Waals surface area contributed by atoms with Crippen molar-refractivity contribution < 1.29 is 4.79 Å². The lowest BCUT2D eigenvalue weighted by Crippen LogP contribution is -2.30. The minimum absolute atomic E-state index is 0.117. The van der Waals surface area contributed by atoms with Gasteiger partial charge in [-0.05, 0) is 23.9 Å². The first-order valence-corrected chi connectivity index (χ1v) is 6.83. The largest absolute Gasteiger partial charge is 0.321 e. The first kappa shape index (κ1) is 11.8. The monoisotopic (exact) mass is 256 g/mol. The normalized spacial score (nSPS) is 20.9. The highest BCUT2D eigenvalue weighted by Crippen LogP contribution is 2.33.